The summed E-state index contributed by atoms with van der Waals surface area (Å²) in [5.74, 6) is 0. The third-order valence-electron chi connectivity index (χ3n) is 8.55. The van der Waals surface area contributed by atoms with Gasteiger partial charge in [-0.05, 0) is 96.6 Å². The van der Waals surface area contributed by atoms with Gasteiger partial charge in [0, 0.05) is 43.6 Å². The maximum Gasteiger partial charge on any atom is 0.216 e. The zero-order valence-electron chi connectivity index (χ0n) is 27.7. The Morgan fingerprint density at radius 1 is 0.653 bits per heavy atom. The smallest absolute Gasteiger partial charge is 0.216 e. The molecule has 0 unspecified atom stereocenters. The van der Waals surface area contributed by atoms with Gasteiger partial charge in [0.25, 0.3) is 0 Å². The van der Waals surface area contributed by atoms with Crippen molar-refractivity contribution in [3.05, 3.63) is 174 Å². The predicted octanol–water partition coefficient (Wildman–Crippen LogP) is 10.8. The molecular weight excluding hydrogens is 779 g/mol. The van der Waals surface area contributed by atoms with E-state index in [1.54, 1.807) is 0 Å². The van der Waals surface area contributed by atoms with Gasteiger partial charge in [-0.2, -0.15) is 0 Å². The average molecular weight is 814 g/mol. The van der Waals surface area contributed by atoms with Crippen molar-refractivity contribution in [3.8, 4) is 33.6 Å². The Labute approximate surface area is 301 Å². The molecule has 0 saturated heterocycles. The molecule has 4 heterocycles. The van der Waals surface area contributed by atoms with Gasteiger partial charge in [0.2, 0.25) is 5.71 Å². The molecule has 0 spiro atoms. The topological polar surface area (TPSA) is 51.8 Å². The fraction of sp³-hybridized carbons (Fsp3) is 0.114. The first-order chi connectivity index (χ1) is 23.5. The van der Waals surface area contributed by atoms with Crippen molar-refractivity contribution in [2.24, 2.45) is 0 Å². The molecule has 49 heavy (non-hydrogen) atoms. The molecule has 5 heteroatoms. The summed E-state index contributed by atoms with van der Waals surface area (Å²) in [4.78, 5) is 13.9. The molecule has 1 radical (unpaired) electrons. The molecule has 4 aromatic heterocycles. The maximum atomic E-state index is 6.34. The van der Waals surface area contributed by atoms with Crippen LogP contribution in [-0.4, -0.2) is 15.0 Å². The first-order valence-corrected chi connectivity index (χ1v) is 16.2. The van der Waals surface area contributed by atoms with E-state index < -0.39 is 0 Å². The number of nitrogens with zero attached hydrogens (tertiary/aromatic N) is 3. The minimum absolute atomic E-state index is 0. The monoisotopic (exact) mass is 814 g/mol. The number of furan rings is 1. The quantitative estimate of drug-likeness (QED) is 0.157. The molecule has 0 fully saturated rings. The number of aromatic nitrogens is 3. The van der Waals surface area contributed by atoms with Crippen LogP contribution in [0.4, 0.5) is 0 Å². The fourth-order valence-electron chi connectivity index (χ4n) is 6.08. The van der Waals surface area contributed by atoms with Crippen molar-refractivity contribution in [2.45, 2.75) is 33.6 Å². The summed E-state index contributed by atoms with van der Waals surface area (Å²) < 4.78 is 6.34. The van der Waals surface area contributed by atoms with Crippen LogP contribution in [0.2, 0.25) is 0 Å². The average Bonchev–Trinajstić information content (AvgIpc) is 3.50. The summed E-state index contributed by atoms with van der Waals surface area (Å²) in [7, 11) is 0. The normalized spacial score (nSPS) is 10.8. The van der Waals surface area contributed by atoms with Gasteiger partial charge in [-0.1, -0.05) is 77.7 Å². The van der Waals surface area contributed by atoms with Crippen LogP contribution in [0.25, 0.3) is 55.7 Å². The van der Waals surface area contributed by atoms with E-state index in [1.165, 1.54) is 27.8 Å². The Morgan fingerprint density at radius 2 is 1.47 bits per heavy atom. The molecule has 0 aliphatic carbocycles. The van der Waals surface area contributed by atoms with Crippen LogP contribution in [0, 0.1) is 32.9 Å². The molecule has 8 rings (SSSR count). The van der Waals surface area contributed by atoms with E-state index in [-0.39, 0.29) is 20.1 Å². The van der Waals surface area contributed by atoms with Crippen molar-refractivity contribution < 1.29 is 24.5 Å². The number of hydrogen-bond donors (Lipinski definition) is 0. The van der Waals surface area contributed by atoms with Crippen LogP contribution < -0.4 is 0 Å². The molecule has 0 atom stereocenters. The standard InChI is InChI=1S/C32H25N2O.C12H10N.Ir/c1-21-8-6-9-22(2)30(21)24-18-19-33-29(20-24)28-13-7-12-26-27-17-16-25(34-32(27)35-31(26)28)15-14-23-10-4-3-5-11-23;1-10-7-8-12(13-9-10)11-5-3-2-4-6-11;/h3-12,16-20H,14-15H2,1-2H3;2-5,7-9H,1H3;/q2*-1;. The van der Waals surface area contributed by atoms with Crippen molar-refractivity contribution in [3.63, 3.8) is 0 Å². The van der Waals surface area contributed by atoms with Crippen molar-refractivity contribution in [1.29, 1.82) is 0 Å². The Bertz CT molecular complexity index is 2290. The molecule has 4 aromatic carbocycles. The largest absolute Gasteiger partial charge is 0.486 e. The SMILES string of the molecule is Cc1ccc(-c2[c-]cccc2)nc1.Cc1cccc(C)c1-c1ccnc(-c2[c-]ccc3c2oc2nc(CCc4ccccc4)ccc23)c1.[Ir]. The molecule has 0 aliphatic heterocycles. The maximum absolute atomic E-state index is 6.34. The van der Waals surface area contributed by atoms with Crippen LogP contribution in [0.3, 0.4) is 0 Å². The summed E-state index contributed by atoms with van der Waals surface area (Å²) in [6, 6.07) is 47.8. The van der Waals surface area contributed by atoms with Gasteiger partial charge in [0.15, 0.2) is 0 Å². The van der Waals surface area contributed by atoms with E-state index >= 15 is 0 Å². The molecule has 0 N–H and O–H groups in total. The van der Waals surface area contributed by atoms with E-state index in [1.807, 2.05) is 67.8 Å². The summed E-state index contributed by atoms with van der Waals surface area (Å²) in [6.07, 6.45) is 5.56. The summed E-state index contributed by atoms with van der Waals surface area (Å²) in [5, 5.41) is 2.06. The molecule has 0 bridgehead atoms. The number of hydrogen-bond acceptors (Lipinski definition) is 4. The van der Waals surface area contributed by atoms with Crippen LogP contribution >= 0.6 is 0 Å². The van der Waals surface area contributed by atoms with Gasteiger partial charge in [-0.25, -0.2) is 4.98 Å². The second-order valence-electron chi connectivity index (χ2n) is 12.0. The molecule has 243 valence electrons. The summed E-state index contributed by atoms with van der Waals surface area (Å²) in [6.45, 7) is 6.33. The molecule has 0 amide bonds. The number of aryl methyl sites for hydroxylation is 5. The summed E-state index contributed by atoms with van der Waals surface area (Å²) >= 11 is 0. The number of pyridine rings is 3. The number of benzene rings is 4. The van der Waals surface area contributed by atoms with E-state index in [0.717, 1.165) is 63.0 Å². The number of fused-ring (bicyclic) bond motifs is 3. The Hall–Kier alpha value is -5.22. The molecular formula is C44H35IrN3O-2. The predicted molar refractivity (Wildman–Crippen MR) is 196 cm³/mol. The van der Waals surface area contributed by atoms with Gasteiger partial charge in [0.1, 0.15) is 0 Å². The van der Waals surface area contributed by atoms with Gasteiger partial charge < -0.3 is 14.4 Å². The second-order valence-corrected chi connectivity index (χ2v) is 12.0. The van der Waals surface area contributed by atoms with Crippen LogP contribution in [0.5, 0.6) is 0 Å². The van der Waals surface area contributed by atoms with Gasteiger partial charge in [-0.15, -0.1) is 54.1 Å². The third kappa shape index (κ3) is 7.60. The van der Waals surface area contributed by atoms with E-state index in [4.69, 9.17) is 9.40 Å². The minimum Gasteiger partial charge on any atom is -0.486 e. The van der Waals surface area contributed by atoms with Crippen molar-refractivity contribution in [1.82, 2.24) is 15.0 Å². The molecule has 0 aliphatic rings. The zero-order chi connectivity index (χ0) is 32.9. The van der Waals surface area contributed by atoms with Crippen molar-refractivity contribution >= 4 is 22.1 Å². The zero-order valence-corrected chi connectivity index (χ0v) is 30.1. The van der Waals surface area contributed by atoms with Crippen LogP contribution in [0.15, 0.2) is 138 Å². The molecule has 4 nitrogen and oxygen atoms in total. The van der Waals surface area contributed by atoms with Crippen LogP contribution in [0.1, 0.15) is 27.9 Å². The molecule has 0 saturated carbocycles. The summed E-state index contributed by atoms with van der Waals surface area (Å²) in [5.41, 5.74) is 13.6. The molecule has 8 aromatic rings. The minimum atomic E-state index is 0. The van der Waals surface area contributed by atoms with E-state index in [2.05, 4.69) is 109 Å². The third-order valence-corrected chi connectivity index (χ3v) is 8.55. The Balaban J connectivity index is 0.000000250. The fourth-order valence-corrected chi connectivity index (χ4v) is 6.08. The Morgan fingerprint density at radius 3 is 2.22 bits per heavy atom. The first-order valence-electron chi connectivity index (χ1n) is 16.2. The number of rotatable bonds is 6. The van der Waals surface area contributed by atoms with Crippen molar-refractivity contribution in [2.75, 3.05) is 0 Å². The first kappa shape index (κ1) is 33.7. The van der Waals surface area contributed by atoms with E-state index in [0.29, 0.717) is 5.71 Å². The van der Waals surface area contributed by atoms with Crippen LogP contribution in [-0.2, 0) is 32.9 Å². The second kappa shape index (κ2) is 15.3. The van der Waals surface area contributed by atoms with Gasteiger partial charge in [-0.3, -0.25) is 0 Å². The van der Waals surface area contributed by atoms with E-state index in [9.17, 15) is 0 Å². The Kier molecular flexibility index (Phi) is 10.5. The van der Waals surface area contributed by atoms with Gasteiger partial charge >= 0.3 is 0 Å². The van der Waals surface area contributed by atoms with Gasteiger partial charge in [0.05, 0.1) is 5.58 Å².